The summed E-state index contributed by atoms with van der Waals surface area (Å²) < 4.78 is 46.0. The van der Waals surface area contributed by atoms with Gasteiger partial charge in [0.15, 0.2) is 6.10 Å². The fraction of sp³-hybridized carbons (Fsp3) is 0.750. The summed E-state index contributed by atoms with van der Waals surface area (Å²) in [5, 5.41) is 0. The number of phosphoric acid groups is 1. The van der Waals surface area contributed by atoms with Crippen LogP contribution in [0.4, 0.5) is 0 Å². The third kappa shape index (κ3) is 26.7. The zero-order valence-corrected chi connectivity index (χ0v) is 39.5. The standard InChI is InChI=1S/C48H82NO10P/c1-8-10-12-13-14-15-16-17-18-19-23-27-32-45-46(59-45)33-29-35-48(51)57-42(39-56-60(52,53)55-37-36-49(5,6)7)38-54-47(50)34-28-24-21-20-22-26-31-44-41(4)40(3)43(58-44)30-25-11-9-2/h14-15,17-18,23,27,42,45-46H,8-13,16,19-22,24-26,28-39H2,1-7H3/b15-14-,18-17-,27-23-/t42-,45?,46?/m1/s1. The quantitative estimate of drug-likeness (QED) is 0.0159. The maximum atomic E-state index is 12.8. The van der Waals surface area contributed by atoms with Crippen molar-refractivity contribution in [3.63, 3.8) is 0 Å². The number of furan rings is 1. The first-order valence-electron chi connectivity index (χ1n) is 23.2. The number of hydrogen-bond acceptors (Lipinski definition) is 10. The first-order chi connectivity index (χ1) is 28.7. The molecular weight excluding hydrogens is 781 g/mol. The van der Waals surface area contributed by atoms with E-state index in [-0.39, 0.29) is 38.3 Å². The van der Waals surface area contributed by atoms with E-state index in [1.54, 1.807) is 0 Å². The number of unbranched alkanes of at least 4 members (excludes halogenated alkanes) is 10. The second kappa shape index (κ2) is 31.3. The van der Waals surface area contributed by atoms with Gasteiger partial charge in [-0.2, -0.15) is 0 Å². The van der Waals surface area contributed by atoms with Gasteiger partial charge >= 0.3 is 11.9 Å². The molecule has 2 rings (SSSR count). The smallest absolute Gasteiger partial charge is 0.306 e. The minimum absolute atomic E-state index is 0.0543. The molecule has 1 aliphatic heterocycles. The van der Waals surface area contributed by atoms with Gasteiger partial charge in [0.1, 0.15) is 31.3 Å². The Kier molecular flexibility index (Phi) is 28.0. The van der Waals surface area contributed by atoms with E-state index in [9.17, 15) is 19.0 Å². The van der Waals surface area contributed by atoms with Gasteiger partial charge in [0.25, 0.3) is 7.82 Å². The van der Waals surface area contributed by atoms with Crippen molar-refractivity contribution in [1.82, 2.24) is 0 Å². The summed E-state index contributed by atoms with van der Waals surface area (Å²) in [7, 11) is 1.09. The number of quaternary nitrogens is 1. The summed E-state index contributed by atoms with van der Waals surface area (Å²) >= 11 is 0. The molecule has 0 saturated carbocycles. The number of likely N-dealkylation sites (N-methyl/N-ethyl adjacent to an activating group) is 1. The van der Waals surface area contributed by atoms with E-state index >= 15 is 0 Å². The zero-order chi connectivity index (χ0) is 44.1. The van der Waals surface area contributed by atoms with Gasteiger partial charge in [-0.15, -0.1) is 0 Å². The molecule has 0 amide bonds. The van der Waals surface area contributed by atoms with Crippen LogP contribution in [-0.2, 0) is 50.3 Å². The Morgan fingerprint density at radius 1 is 0.717 bits per heavy atom. The predicted octanol–water partition coefficient (Wildman–Crippen LogP) is 10.9. The third-order valence-electron chi connectivity index (χ3n) is 10.8. The molecule has 1 fully saturated rings. The molecule has 344 valence electrons. The molecule has 1 aromatic heterocycles. The van der Waals surface area contributed by atoms with Crippen molar-refractivity contribution >= 4 is 19.8 Å². The minimum Gasteiger partial charge on any atom is -0.756 e. The average Bonchev–Trinajstić information content (AvgIpc) is 3.89. The number of carbonyl (C=O) groups excluding carboxylic acids is 2. The van der Waals surface area contributed by atoms with Gasteiger partial charge in [-0.3, -0.25) is 14.2 Å². The van der Waals surface area contributed by atoms with E-state index in [2.05, 4.69) is 64.2 Å². The predicted molar refractivity (Wildman–Crippen MR) is 239 cm³/mol. The van der Waals surface area contributed by atoms with Crippen molar-refractivity contribution in [3.8, 4) is 0 Å². The molecule has 1 aliphatic rings. The van der Waals surface area contributed by atoms with Gasteiger partial charge in [0, 0.05) is 25.7 Å². The highest BCUT2D eigenvalue weighted by Crippen LogP contribution is 2.38. The largest absolute Gasteiger partial charge is 0.756 e. The lowest BCUT2D eigenvalue weighted by molar-refractivity contribution is -0.870. The van der Waals surface area contributed by atoms with Crippen LogP contribution in [0.2, 0.25) is 0 Å². The van der Waals surface area contributed by atoms with Gasteiger partial charge in [-0.1, -0.05) is 102 Å². The molecule has 4 atom stereocenters. The van der Waals surface area contributed by atoms with Gasteiger partial charge in [-0.05, 0) is 89.2 Å². The molecule has 1 aromatic rings. The number of esters is 2. The van der Waals surface area contributed by atoms with E-state index in [0.717, 1.165) is 82.1 Å². The molecule has 0 bridgehead atoms. The maximum absolute atomic E-state index is 12.8. The van der Waals surface area contributed by atoms with Crippen molar-refractivity contribution in [2.45, 2.75) is 187 Å². The second-order valence-corrected chi connectivity index (χ2v) is 18.8. The van der Waals surface area contributed by atoms with E-state index in [0.29, 0.717) is 30.3 Å². The minimum atomic E-state index is -4.67. The Balaban J connectivity index is 1.68. The van der Waals surface area contributed by atoms with E-state index in [4.69, 9.17) is 27.7 Å². The number of hydrogen-bond donors (Lipinski definition) is 0. The number of allylic oxidation sites excluding steroid dienone is 5. The van der Waals surface area contributed by atoms with Crippen LogP contribution in [0.1, 0.15) is 165 Å². The lowest BCUT2D eigenvalue weighted by atomic mass is 10.0. The molecule has 12 heteroatoms. The van der Waals surface area contributed by atoms with Gasteiger partial charge in [0.2, 0.25) is 0 Å². The van der Waals surface area contributed by atoms with Crippen molar-refractivity contribution in [3.05, 3.63) is 59.1 Å². The van der Waals surface area contributed by atoms with Gasteiger partial charge < -0.3 is 37.1 Å². The summed E-state index contributed by atoms with van der Waals surface area (Å²) in [4.78, 5) is 37.9. The first kappa shape index (κ1) is 53.6. The molecule has 0 aliphatic carbocycles. The van der Waals surface area contributed by atoms with Crippen LogP contribution in [0.15, 0.2) is 40.9 Å². The molecule has 0 radical (unpaired) electrons. The Hall–Kier alpha value is -2.53. The number of ether oxygens (including phenoxy) is 3. The summed E-state index contributed by atoms with van der Waals surface area (Å²) in [6.07, 6.45) is 33.1. The lowest BCUT2D eigenvalue weighted by Crippen LogP contribution is -2.37. The van der Waals surface area contributed by atoms with Crippen molar-refractivity contribution < 1.29 is 51.2 Å². The van der Waals surface area contributed by atoms with Crippen molar-refractivity contribution in [2.24, 2.45) is 0 Å². The van der Waals surface area contributed by atoms with Crippen LogP contribution in [-0.4, -0.2) is 82.2 Å². The maximum Gasteiger partial charge on any atom is 0.306 e. The van der Waals surface area contributed by atoms with Crippen molar-refractivity contribution in [1.29, 1.82) is 0 Å². The summed E-state index contributed by atoms with van der Waals surface area (Å²) in [5.74, 6) is 1.33. The molecule has 0 N–H and O–H groups in total. The molecule has 11 nitrogen and oxygen atoms in total. The third-order valence-corrected chi connectivity index (χ3v) is 11.8. The van der Waals surface area contributed by atoms with Crippen LogP contribution in [0.5, 0.6) is 0 Å². The number of carbonyl (C=O) groups is 2. The lowest BCUT2D eigenvalue weighted by Gasteiger charge is -2.28. The molecule has 60 heavy (non-hydrogen) atoms. The molecule has 2 heterocycles. The first-order valence-corrected chi connectivity index (χ1v) is 24.6. The van der Waals surface area contributed by atoms with Gasteiger partial charge in [0.05, 0.1) is 40.0 Å². The fourth-order valence-corrected chi connectivity index (χ4v) is 7.47. The second-order valence-electron chi connectivity index (χ2n) is 17.4. The highest BCUT2D eigenvalue weighted by molar-refractivity contribution is 7.45. The zero-order valence-electron chi connectivity index (χ0n) is 38.6. The summed E-state index contributed by atoms with van der Waals surface area (Å²) in [6, 6.07) is 0. The molecular formula is C48H82NO10P. The number of epoxide rings is 1. The molecule has 3 unspecified atom stereocenters. The van der Waals surface area contributed by atoms with E-state index in [1.165, 1.54) is 49.7 Å². The molecule has 0 spiro atoms. The highest BCUT2D eigenvalue weighted by atomic mass is 31.2. The number of phosphoric ester groups is 1. The van der Waals surface area contributed by atoms with Crippen LogP contribution in [0.25, 0.3) is 0 Å². The molecule has 0 aromatic carbocycles. The van der Waals surface area contributed by atoms with E-state index < -0.39 is 32.5 Å². The summed E-state index contributed by atoms with van der Waals surface area (Å²) in [6.45, 7) is 8.35. The van der Waals surface area contributed by atoms with Crippen molar-refractivity contribution in [2.75, 3.05) is 47.5 Å². The number of aryl methyl sites for hydroxylation is 2. The highest BCUT2D eigenvalue weighted by Gasteiger charge is 2.36. The number of nitrogens with zero attached hydrogens (tertiary/aromatic N) is 1. The normalized spacial score (nSPS) is 17.2. The summed E-state index contributed by atoms with van der Waals surface area (Å²) in [5.41, 5.74) is 2.60. The van der Waals surface area contributed by atoms with Crippen LogP contribution in [0.3, 0.4) is 0 Å². The monoisotopic (exact) mass is 864 g/mol. The van der Waals surface area contributed by atoms with Gasteiger partial charge in [-0.25, -0.2) is 0 Å². The Bertz CT molecular complexity index is 1460. The fourth-order valence-electron chi connectivity index (χ4n) is 6.74. The van der Waals surface area contributed by atoms with E-state index in [1.807, 2.05) is 21.1 Å². The number of rotatable bonds is 37. The Morgan fingerprint density at radius 3 is 1.97 bits per heavy atom. The van der Waals surface area contributed by atoms with Crippen LogP contribution in [0, 0.1) is 13.8 Å². The Morgan fingerprint density at radius 2 is 1.30 bits per heavy atom. The van der Waals surface area contributed by atoms with Crippen LogP contribution >= 0.6 is 7.82 Å². The Labute approximate surface area is 363 Å². The average molecular weight is 864 g/mol. The molecule has 1 saturated heterocycles. The topological polar surface area (TPSA) is 137 Å². The SMILES string of the molecule is CCCCC/C=C\C/C=C\C/C=C\CC1OC1CCCC(=O)O[C@H](COC(=O)CCCCCCCCc1oc(CCCCC)c(C)c1C)COP(=O)([O-])OCC[N+](C)(C)C. The van der Waals surface area contributed by atoms with Crippen LogP contribution < -0.4 is 4.89 Å².